The summed E-state index contributed by atoms with van der Waals surface area (Å²) < 4.78 is 7.50. The maximum atomic E-state index is 12.6. The highest BCUT2D eigenvalue weighted by Crippen LogP contribution is 2.28. The van der Waals surface area contributed by atoms with Crippen molar-refractivity contribution in [2.24, 2.45) is 0 Å². The minimum Gasteiger partial charge on any atom is -0.456 e. The number of hydrogen-bond donors (Lipinski definition) is 1. The van der Waals surface area contributed by atoms with Gasteiger partial charge in [0.25, 0.3) is 5.91 Å². The Morgan fingerprint density at radius 1 is 1.10 bits per heavy atom. The number of carbonyl (C=O) groups is 1. The van der Waals surface area contributed by atoms with Gasteiger partial charge < -0.3 is 19.0 Å². The van der Waals surface area contributed by atoms with Gasteiger partial charge >= 0.3 is 0 Å². The van der Waals surface area contributed by atoms with Crippen LogP contribution in [-0.2, 0) is 6.54 Å². The number of aliphatic hydroxyl groups is 1. The molecule has 1 aliphatic rings. The second kappa shape index (κ2) is 7.67. The van der Waals surface area contributed by atoms with Crippen LogP contribution in [0.15, 0.2) is 65.5 Å². The number of likely N-dealkylation sites (tertiary alicyclic amines) is 1. The summed E-state index contributed by atoms with van der Waals surface area (Å²) in [5, 5.41) is 11.2. The van der Waals surface area contributed by atoms with Gasteiger partial charge in [0.05, 0.1) is 28.9 Å². The van der Waals surface area contributed by atoms with E-state index in [1.807, 2.05) is 48.0 Å². The fourth-order valence-corrected chi connectivity index (χ4v) is 4.20. The summed E-state index contributed by atoms with van der Waals surface area (Å²) in [6, 6.07) is 13.4. The maximum absolute atomic E-state index is 12.6. The molecule has 0 aliphatic carbocycles. The molecule has 1 fully saturated rings. The summed E-state index contributed by atoms with van der Waals surface area (Å²) >= 11 is 0. The molecule has 1 N–H and O–H groups in total. The first-order valence-electron chi connectivity index (χ1n) is 10.5. The molecule has 5 heterocycles. The molecule has 0 spiro atoms. The molecule has 1 amide bonds. The van der Waals surface area contributed by atoms with Gasteiger partial charge in [0.1, 0.15) is 5.76 Å². The van der Waals surface area contributed by atoms with Gasteiger partial charge in [-0.15, -0.1) is 0 Å². The molecular formula is C24H24N4O3. The highest BCUT2D eigenvalue weighted by Gasteiger charge is 2.35. The van der Waals surface area contributed by atoms with E-state index < -0.39 is 5.60 Å². The first-order valence-corrected chi connectivity index (χ1v) is 10.5. The summed E-state index contributed by atoms with van der Waals surface area (Å²) in [7, 11) is 0. The standard InChI is InChI=1S/C24H24N4O3/c1-17-2-5-22(31-17)23(29)27-14-9-24(30,10-15-27)16-28-13-8-20-21(28)4-3-19(26-20)18-6-11-25-12-7-18/h2-8,11-13,30H,9-10,14-16H2,1H3. The Kier molecular flexibility index (Phi) is 4.82. The van der Waals surface area contributed by atoms with Crippen LogP contribution in [-0.4, -0.2) is 49.1 Å². The van der Waals surface area contributed by atoms with Crippen LogP contribution in [0.2, 0.25) is 0 Å². The lowest BCUT2D eigenvalue weighted by atomic mass is 9.91. The van der Waals surface area contributed by atoms with E-state index in [9.17, 15) is 9.90 Å². The monoisotopic (exact) mass is 416 g/mol. The van der Waals surface area contributed by atoms with Crippen LogP contribution in [0.4, 0.5) is 0 Å². The molecule has 0 radical (unpaired) electrons. The number of furan rings is 1. The molecule has 7 heteroatoms. The van der Waals surface area contributed by atoms with Crippen LogP contribution < -0.4 is 0 Å². The van der Waals surface area contributed by atoms with Gasteiger partial charge in [-0.3, -0.25) is 9.78 Å². The van der Waals surface area contributed by atoms with Crippen molar-refractivity contribution >= 4 is 16.9 Å². The second-order valence-electron chi connectivity index (χ2n) is 8.21. The molecule has 1 saturated heterocycles. The van der Waals surface area contributed by atoms with E-state index in [4.69, 9.17) is 9.40 Å². The molecule has 0 saturated carbocycles. The van der Waals surface area contributed by atoms with Crippen LogP contribution in [0.5, 0.6) is 0 Å². The van der Waals surface area contributed by atoms with Crippen LogP contribution in [0.25, 0.3) is 22.3 Å². The number of nitrogens with zero attached hydrogens (tertiary/aromatic N) is 4. The van der Waals surface area contributed by atoms with Crippen LogP contribution in [0.3, 0.4) is 0 Å². The molecule has 0 atom stereocenters. The summed E-state index contributed by atoms with van der Waals surface area (Å²) in [6.45, 7) is 3.29. The normalized spacial score (nSPS) is 16.0. The summed E-state index contributed by atoms with van der Waals surface area (Å²) in [5.41, 5.74) is 2.92. The van der Waals surface area contributed by atoms with Crippen molar-refractivity contribution in [2.45, 2.75) is 31.9 Å². The van der Waals surface area contributed by atoms with Crippen molar-refractivity contribution in [1.82, 2.24) is 19.4 Å². The number of fused-ring (bicyclic) bond motifs is 1. The Bertz CT molecular complexity index is 1220. The zero-order valence-corrected chi connectivity index (χ0v) is 17.4. The van der Waals surface area contributed by atoms with Gasteiger partial charge in [-0.2, -0.15) is 0 Å². The van der Waals surface area contributed by atoms with Crippen molar-refractivity contribution in [1.29, 1.82) is 0 Å². The number of piperidine rings is 1. The van der Waals surface area contributed by atoms with E-state index in [1.165, 1.54) is 0 Å². The highest BCUT2D eigenvalue weighted by molar-refractivity contribution is 5.91. The van der Waals surface area contributed by atoms with Crippen LogP contribution in [0, 0.1) is 6.92 Å². The third-order valence-corrected chi connectivity index (χ3v) is 6.00. The minimum atomic E-state index is -0.869. The smallest absolute Gasteiger partial charge is 0.289 e. The number of carbonyl (C=O) groups excluding carboxylic acids is 1. The minimum absolute atomic E-state index is 0.116. The lowest BCUT2D eigenvalue weighted by Gasteiger charge is -2.38. The van der Waals surface area contributed by atoms with Gasteiger partial charge in [0, 0.05) is 37.2 Å². The zero-order chi connectivity index (χ0) is 21.4. The quantitative estimate of drug-likeness (QED) is 0.549. The SMILES string of the molecule is Cc1ccc(C(=O)N2CCC(O)(Cn3ccc4nc(-c5ccncc5)ccc43)CC2)o1. The van der Waals surface area contributed by atoms with Crippen molar-refractivity contribution < 1.29 is 14.3 Å². The van der Waals surface area contributed by atoms with Gasteiger partial charge in [-0.05, 0) is 62.2 Å². The molecule has 0 aromatic carbocycles. The Labute approximate surface area is 180 Å². The molecule has 7 nitrogen and oxygen atoms in total. The van der Waals surface area contributed by atoms with Crippen LogP contribution in [0.1, 0.15) is 29.2 Å². The molecule has 0 bridgehead atoms. The van der Waals surface area contributed by atoms with Crippen molar-refractivity contribution in [3.63, 3.8) is 0 Å². The fourth-order valence-electron chi connectivity index (χ4n) is 4.20. The van der Waals surface area contributed by atoms with E-state index in [2.05, 4.69) is 4.98 Å². The largest absolute Gasteiger partial charge is 0.456 e. The first kappa shape index (κ1) is 19.5. The zero-order valence-electron chi connectivity index (χ0n) is 17.4. The average Bonchev–Trinajstić information content (AvgIpc) is 3.40. The molecule has 4 aromatic heterocycles. The van der Waals surface area contributed by atoms with E-state index in [-0.39, 0.29) is 5.91 Å². The van der Waals surface area contributed by atoms with Crippen LogP contribution >= 0.6 is 0 Å². The Morgan fingerprint density at radius 3 is 2.58 bits per heavy atom. The molecule has 158 valence electrons. The number of aryl methyl sites for hydroxylation is 1. The second-order valence-corrected chi connectivity index (χ2v) is 8.21. The van der Waals surface area contributed by atoms with Gasteiger partial charge in [-0.1, -0.05) is 0 Å². The van der Waals surface area contributed by atoms with E-state index in [0.29, 0.717) is 38.2 Å². The predicted molar refractivity (Wildman–Crippen MR) is 116 cm³/mol. The average molecular weight is 416 g/mol. The topological polar surface area (TPSA) is 84.4 Å². The Morgan fingerprint density at radius 2 is 1.87 bits per heavy atom. The van der Waals surface area contributed by atoms with E-state index >= 15 is 0 Å². The van der Waals surface area contributed by atoms with E-state index in [0.717, 1.165) is 28.1 Å². The third kappa shape index (κ3) is 3.84. The molecule has 31 heavy (non-hydrogen) atoms. The molecule has 0 unspecified atom stereocenters. The number of aromatic nitrogens is 3. The number of hydrogen-bond acceptors (Lipinski definition) is 5. The lowest BCUT2D eigenvalue weighted by Crippen LogP contribution is -2.48. The van der Waals surface area contributed by atoms with E-state index in [1.54, 1.807) is 29.4 Å². The third-order valence-electron chi connectivity index (χ3n) is 6.00. The molecule has 1 aliphatic heterocycles. The fraction of sp³-hybridized carbons (Fsp3) is 0.292. The van der Waals surface area contributed by atoms with Crippen molar-refractivity contribution in [2.75, 3.05) is 13.1 Å². The number of pyridine rings is 2. The van der Waals surface area contributed by atoms with Gasteiger partial charge in [0.15, 0.2) is 5.76 Å². The van der Waals surface area contributed by atoms with Gasteiger partial charge in [-0.25, -0.2) is 4.98 Å². The number of amides is 1. The first-order chi connectivity index (χ1) is 15.0. The summed E-state index contributed by atoms with van der Waals surface area (Å²) in [4.78, 5) is 23.2. The molecular weight excluding hydrogens is 392 g/mol. The lowest BCUT2D eigenvalue weighted by molar-refractivity contribution is -0.0289. The summed E-state index contributed by atoms with van der Waals surface area (Å²) in [5.74, 6) is 0.960. The summed E-state index contributed by atoms with van der Waals surface area (Å²) in [6.07, 6.45) is 6.51. The highest BCUT2D eigenvalue weighted by atomic mass is 16.3. The Balaban J connectivity index is 1.29. The Hall–Kier alpha value is -3.45. The van der Waals surface area contributed by atoms with Gasteiger partial charge in [0.2, 0.25) is 0 Å². The predicted octanol–water partition coefficient (Wildman–Crippen LogP) is 3.67. The maximum Gasteiger partial charge on any atom is 0.289 e. The number of rotatable bonds is 4. The van der Waals surface area contributed by atoms with Crippen molar-refractivity contribution in [3.05, 3.63) is 72.6 Å². The molecule has 5 rings (SSSR count). The van der Waals surface area contributed by atoms with Crippen molar-refractivity contribution in [3.8, 4) is 11.3 Å². The molecule has 4 aromatic rings.